The zero-order valence-corrected chi connectivity index (χ0v) is 10.9. The van der Waals surface area contributed by atoms with Gasteiger partial charge in [0.2, 0.25) is 0 Å². The Morgan fingerprint density at radius 2 is 2.27 bits per heavy atom. The number of rotatable bonds is 2. The SMILES string of the molecule is Nc1ccc(Br)cc1SC1C=CCCC1. The molecule has 1 aliphatic rings. The smallest absolute Gasteiger partial charge is 0.0453 e. The highest BCUT2D eigenvalue weighted by molar-refractivity contribution is 9.10. The highest BCUT2D eigenvalue weighted by atomic mass is 79.9. The minimum absolute atomic E-state index is 0.593. The molecule has 1 aliphatic carbocycles. The van der Waals surface area contributed by atoms with Crippen LogP contribution in [0, 0.1) is 0 Å². The van der Waals surface area contributed by atoms with E-state index < -0.39 is 0 Å². The van der Waals surface area contributed by atoms with Crippen molar-refractivity contribution in [2.75, 3.05) is 5.73 Å². The molecule has 3 heteroatoms. The zero-order chi connectivity index (χ0) is 10.7. The molecule has 0 radical (unpaired) electrons. The molecule has 15 heavy (non-hydrogen) atoms. The van der Waals surface area contributed by atoms with Crippen molar-refractivity contribution in [3.63, 3.8) is 0 Å². The minimum atomic E-state index is 0.593. The normalized spacial score (nSPS) is 20.5. The summed E-state index contributed by atoms with van der Waals surface area (Å²) >= 11 is 5.34. The second-order valence-corrected chi connectivity index (χ2v) is 5.89. The first kappa shape index (κ1) is 11.1. The van der Waals surface area contributed by atoms with Crippen LogP contribution in [0.1, 0.15) is 19.3 Å². The third-order valence-corrected chi connectivity index (χ3v) is 4.26. The first-order chi connectivity index (χ1) is 7.25. The van der Waals surface area contributed by atoms with Gasteiger partial charge in [0.15, 0.2) is 0 Å². The predicted molar refractivity (Wildman–Crippen MR) is 71.2 cm³/mol. The number of hydrogen-bond donors (Lipinski definition) is 1. The Morgan fingerprint density at radius 1 is 1.40 bits per heavy atom. The molecule has 0 saturated carbocycles. The number of nitrogen functional groups attached to an aromatic ring is 1. The van der Waals surface area contributed by atoms with Gasteiger partial charge in [0.1, 0.15) is 0 Å². The molecule has 0 aromatic heterocycles. The van der Waals surface area contributed by atoms with Crippen molar-refractivity contribution >= 4 is 33.4 Å². The summed E-state index contributed by atoms with van der Waals surface area (Å²) in [5.74, 6) is 0. The fourth-order valence-corrected chi connectivity index (χ4v) is 3.36. The molecule has 1 aromatic rings. The van der Waals surface area contributed by atoms with Gasteiger partial charge in [0.25, 0.3) is 0 Å². The maximum absolute atomic E-state index is 5.94. The van der Waals surface area contributed by atoms with Crippen LogP contribution < -0.4 is 5.73 Å². The van der Waals surface area contributed by atoms with Gasteiger partial charge in [-0.15, -0.1) is 11.8 Å². The van der Waals surface area contributed by atoms with Crippen LogP contribution in [0.5, 0.6) is 0 Å². The quantitative estimate of drug-likeness (QED) is 0.649. The number of allylic oxidation sites excluding steroid dienone is 1. The van der Waals surface area contributed by atoms with Crippen molar-refractivity contribution in [1.82, 2.24) is 0 Å². The summed E-state index contributed by atoms with van der Waals surface area (Å²) in [6.07, 6.45) is 8.35. The molecule has 0 amide bonds. The molecule has 0 fully saturated rings. The number of hydrogen-bond acceptors (Lipinski definition) is 2. The monoisotopic (exact) mass is 283 g/mol. The van der Waals surface area contributed by atoms with Gasteiger partial charge in [-0.25, -0.2) is 0 Å². The molecule has 0 spiro atoms. The first-order valence-corrected chi connectivity index (χ1v) is 6.81. The van der Waals surface area contributed by atoms with Crippen LogP contribution in [0.15, 0.2) is 39.7 Å². The summed E-state index contributed by atoms with van der Waals surface area (Å²) in [6, 6.07) is 6.04. The Kier molecular flexibility index (Phi) is 3.76. The number of anilines is 1. The second kappa shape index (κ2) is 5.08. The first-order valence-electron chi connectivity index (χ1n) is 5.14. The second-order valence-electron chi connectivity index (χ2n) is 3.70. The summed E-state index contributed by atoms with van der Waals surface area (Å²) in [4.78, 5) is 1.18. The molecule has 2 N–H and O–H groups in total. The molecule has 1 nitrogen and oxygen atoms in total. The predicted octanol–water partition coefficient (Wildman–Crippen LogP) is 4.23. The maximum atomic E-state index is 5.94. The highest BCUT2D eigenvalue weighted by Gasteiger charge is 2.11. The Bertz CT molecular complexity index is 376. The third-order valence-electron chi connectivity index (χ3n) is 2.46. The molecule has 1 atom stereocenters. The zero-order valence-electron chi connectivity index (χ0n) is 8.45. The van der Waals surface area contributed by atoms with E-state index >= 15 is 0 Å². The van der Waals surface area contributed by atoms with Gasteiger partial charge in [-0.05, 0) is 37.5 Å². The largest absolute Gasteiger partial charge is 0.398 e. The average molecular weight is 284 g/mol. The molecule has 1 unspecified atom stereocenters. The summed E-state index contributed by atoms with van der Waals surface area (Å²) in [5, 5.41) is 0.593. The molecule has 80 valence electrons. The van der Waals surface area contributed by atoms with Gasteiger partial charge < -0.3 is 5.73 Å². The van der Waals surface area contributed by atoms with Gasteiger partial charge in [0.05, 0.1) is 0 Å². The van der Waals surface area contributed by atoms with Crippen LogP contribution in [-0.2, 0) is 0 Å². The fraction of sp³-hybridized carbons (Fsp3) is 0.333. The van der Waals surface area contributed by atoms with E-state index in [1.54, 1.807) is 0 Å². The van der Waals surface area contributed by atoms with Gasteiger partial charge in [-0.1, -0.05) is 28.1 Å². The highest BCUT2D eigenvalue weighted by Crippen LogP contribution is 2.35. The van der Waals surface area contributed by atoms with Gasteiger partial charge in [-0.2, -0.15) is 0 Å². The lowest BCUT2D eigenvalue weighted by atomic mass is 10.1. The van der Waals surface area contributed by atoms with Crippen molar-refractivity contribution in [2.45, 2.75) is 29.4 Å². The topological polar surface area (TPSA) is 26.0 Å². The lowest BCUT2D eigenvalue weighted by Crippen LogP contribution is -2.02. The third kappa shape index (κ3) is 3.02. The van der Waals surface area contributed by atoms with E-state index in [-0.39, 0.29) is 0 Å². The lowest BCUT2D eigenvalue weighted by Gasteiger charge is -2.16. The molecule has 0 heterocycles. The summed E-state index contributed by atoms with van der Waals surface area (Å²) in [5.41, 5.74) is 6.82. The van der Waals surface area contributed by atoms with Crippen molar-refractivity contribution < 1.29 is 0 Å². The summed E-state index contributed by atoms with van der Waals surface area (Å²) < 4.78 is 1.10. The molecule has 0 saturated heterocycles. The van der Waals surface area contributed by atoms with E-state index in [0.717, 1.165) is 10.2 Å². The van der Waals surface area contributed by atoms with Crippen molar-refractivity contribution in [3.8, 4) is 0 Å². The summed E-state index contributed by atoms with van der Waals surface area (Å²) in [6.45, 7) is 0. The summed E-state index contributed by atoms with van der Waals surface area (Å²) in [7, 11) is 0. The van der Waals surface area contributed by atoms with Gasteiger partial charge in [-0.3, -0.25) is 0 Å². The van der Waals surface area contributed by atoms with E-state index in [1.165, 1.54) is 24.2 Å². The number of benzene rings is 1. The van der Waals surface area contributed by atoms with Crippen LogP contribution in [0.4, 0.5) is 5.69 Å². The number of nitrogens with two attached hydrogens (primary N) is 1. The lowest BCUT2D eigenvalue weighted by molar-refractivity contribution is 0.741. The Hall–Kier alpha value is -0.410. The van der Waals surface area contributed by atoms with Crippen molar-refractivity contribution in [3.05, 3.63) is 34.8 Å². The van der Waals surface area contributed by atoms with Crippen molar-refractivity contribution in [1.29, 1.82) is 0 Å². The van der Waals surface area contributed by atoms with E-state index in [9.17, 15) is 0 Å². The van der Waals surface area contributed by atoms with Crippen LogP contribution in [0.3, 0.4) is 0 Å². The van der Waals surface area contributed by atoms with Crippen LogP contribution in [-0.4, -0.2) is 5.25 Å². The Balaban J connectivity index is 2.12. The molecular weight excluding hydrogens is 270 g/mol. The molecule has 2 rings (SSSR count). The van der Waals surface area contributed by atoms with Crippen LogP contribution >= 0.6 is 27.7 Å². The Labute approximate surface area is 103 Å². The fourth-order valence-electron chi connectivity index (χ4n) is 1.65. The van der Waals surface area contributed by atoms with E-state index in [0.29, 0.717) is 5.25 Å². The van der Waals surface area contributed by atoms with Crippen molar-refractivity contribution in [2.24, 2.45) is 0 Å². The molecule has 0 aliphatic heterocycles. The van der Waals surface area contributed by atoms with Gasteiger partial charge >= 0.3 is 0 Å². The van der Waals surface area contributed by atoms with E-state index in [1.807, 2.05) is 23.9 Å². The molecular formula is C12H14BrNS. The Morgan fingerprint density at radius 3 is 3.00 bits per heavy atom. The standard InChI is InChI=1S/C12H14BrNS/c13-9-6-7-11(14)12(8-9)15-10-4-2-1-3-5-10/h2,4,6-8,10H,1,3,5,14H2. The number of thioether (sulfide) groups is 1. The molecule has 0 bridgehead atoms. The van der Waals surface area contributed by atoms with Crippen LogP contribution in [0.2, 0.25) is 0 Å². The number of halogens is 1. The van der Waals surface area contributed by atoms with Crippen LogP contribution in [0.25, 0.3) is 0 Å². The minimum Gasteiger partial charge on any atom is -0.398 e. The average Bonchev–Trinajstić information content (AvgIpc) is 2.25. The van der Waals surface area contributed by atoms with E-state index in [4.69, 9.17) is 5.73 Å². The molecule has 1 aromatic carbocycles. The van der Waals surface area contributed by atoms with Gasteiger partial charge in [0, 0.05) is 20.3 Å². The van der Waals surface area contributed by atoms with E-state index in [2.05, 4.69) is 34.1 Å². The maximum Gasteiger partial charge on any atom is 0.0453 e.